The van der Waals surface area contributed by atoms with Gasteiger partial charge in [0, 0.05) is 13.6 Å². The van der Waals surface area contributed by atoms with Gasteiger partial charge in [-0.1, -0.05) is 48.0 Å². The molecule has 0 aromatic heterocycles. The fourth-order valence-corrected chi connectivity index (χ4v) is 3.45. The smallest absolute Gasteiger partial charge is 0.253 e. The monoisotopic (exact) mass is 404 g/mol. The lowest BCUT2D eigenvalue weighted by Crippen LogP contribution is -2.47. The Bertz CT molecular complexity index is 797. The first-order valence-corrected chi connectivity index (χ1v) is 10.5. The molecule has 0 radical (unpaired) electrons. The first-order chi connectivity index (χ1) is 12.9. The second-order valence-corrected chi connectivity index (χ2v) is 7.80. The average Bonchev–Trinajstić information content (AvgIpc) is 2.66. The molecule has 4 nitrogen and oxygen atoms in total. The molecule has 0 aliphatic carbocycles. The number of hydrogen-bond donors (Lipinski definition) is 1. The Morgan fingerprint density at radius 1 is 1.15 bits per heavy atom. The molecule has 2 rings (SSSR count). The highest BCUT2D eigenvalue weighted by Crippen LogP contribution is 2.16. The van der Waals surface area contributed by atoms with Crippen molar-refractivity contribution in [1.29, 1.82) is 0 Å². The molecule has 0 spiro atoms. The van der Waals surface area contributed by atoms with Crippen LogP contribution in [0.15, 0.2) is 48.5 Å². The Hall–Kier alpha value is -1.98. The van der Waals surface area contributed by atoms with Crippen LogP contribution in [0.3, 0.4) is 0 Å². The summed E-state index contributed by atoms with van der Waals surface area (Å²) in [5.41, 5.74) is 2.61. The first kappa shape index (κ1) is 21.3. The van der Waals surface area contributed by atoms with Gasteiger partial charge in [-0.25, -0.2) is 0 Å². The molecule has 0 saturated heterocycles. The highest BCUT2D eigenvalue weighted by molar-refractivity contribution is 7.98. The summed E-state index contributed by atoms with van der Waals surface area (Å²) in [5.74, 6) is 0.342. The van der Waals surface area contributed by atoms with E-state index in [2.05, 4.69) is 5.32 Å². The zero-order valence-corrected chi connectivity index (χ0v) is 17.4. The van der Waals surface area contributed by atoms with Crippen LogP contribution in [0.4, 0.5) is 0 Å². The first-order valence-electron chi connectivity index (χ1n) is 8.78. The van der Waals surface area contributed by atoms with Crippen LogP contribution in [0.2, 0.25) is 5.02 Å². The number of nitrogens with one attached hydrogen (secondary N) is 1. The Morgan fingerprint density at radius 3 is 2.48 bits per heavy atom. The Morgan fingerprint density at radius 2 is 1.81 bits per heavy atom. The summed E-state index contributed by atoms with van der Waals surface area (Å²) in [4.78, 5) is 27.3. The van der Waals surface area contributed by atoms with E-state index in [1.807, 2.05) is 37.4 Å². The van der Waals surface area contributed by atoms with Gasteiger partial charge in [-0.3, -0.25) is 9.59 Å². The van der Waals surface area contributed by atoms with Crippen molar-refractivity contribution in [2.24, 2.45) is 0 Å². The van der Waals surface area contributed by atoms with Crippen LogP contribution in [-0.4, -0.2) is 41.8 Å². The minimum Gasteiger partial charge on any atom is -0.340 e. The lowest BCUT2D eigenvalue weighted by molar-refractivity contribution is -0.132. The van der Waals surface area contributed by atoms with Crippen LogP contribution in [0.5, 0.6) is 0 Å². The maximum Gasteiger partial charge on any atom is 0.253 e. The second-order valence-electron chi connectivity index (χ2n) is 6.41. The number of aryl methyl sites for hydroxylation is 1. The Labute approximate surface area is 170 Å². The molecule has 0 heterocycles. The molecule has 2 aromatic carbocycles. The largest absolute Gasteiger partial charge is 0.340 e. The number of thioether (sulfide) groups is 1. The molecule has 0 bridgehead atoms. The van der Waals surface area contributed by atoms with Crippen LogP contribution in [0, 0.1) is 6.92 Å². The molecule has 0 fully saturated rings. The zero-order valence-electron chi connectivity index (χ0n) is 15.9. The van der Waals surface area contributed by atoms with Crippen molar-refractivity contribution >= 4 is 35.2 Å². The maximum absolute atomic E-state index is 13.0. The van der Waals surface area contributed by atoms with Crippen LogP contribution in [0.1, 0.15) is 27.9 Å². The minimum absolute atomic E-state index is 0.104. The van der Waals surface area contributed by atoms with E-state index < -0.39 is 6.04 Å². The van der Waals surface area contributed by atoms with Gasteiger partial charge in [0.05, 0.1) is 10.6 Å². The number of likely N-dealkylation sites (N-methyl/N-ethyl adjacent to an activating group) is 1. The number of carbonyl (C=O) groups excluding carboxylic acids is 2. The molecular weight excluding hydrogens is 380 g/mol. The highest BCUT2D eigenvalue weighted by atomic mass is 35.5. The van der Waals surface area contributed by atoms with Gasteiger partial charge in [-0.2, -0.15) is 11.8 Å². The van der Waals surface area contributed by atoms with Crippen molar-refractivity contribution in [3.8, 4) is 0 Å². The van der Waals surface area contributed by atoms with E-state index in [0.717, 1.165) is 16.9 Å². The Balaban J connectivity index is 2.12. The third-order valence-electron chi connectivity index (χ3n) is 4.38. The molecule has 1 N–H and O–H groups in total. The zero-order chi connectivity index (χ0) is 19.8. The molecule has 144 valence electrons. The lowest BCUT2D eigenvalue weighted by Gasteiger charge is -2.25. The quantitative estimate of drug-likeness (QED) is 0.718. The lowest BCUT2D eigenvalue weighted by atomic mass is 10.1. The van der Waals surface area contributed by atoms with Crippen molar-refractivity contribution in [1.82, 2.24) is 10.2 Å². The summed E-state index contributed by atoms with van der Waals surface area (Å²) in [5, 5.41) is 3.24. The minimum atomic E-state index is -0.588. The summed E-state index contributed by atoms with van der Waals surface area (Å²) in [6, 6.07) is 14.2. The fourth-order valence-electron chi connectivity index (χ4n) is 2.76. The van der Waals surface area contributed by atoms with Crippen LogP contribution < -0.4 is 5.32 Å². The molecule has 27 heavy (non-hydrogen) atoms. The summed E-state index contributed by atoms with van der Waals surface area (Å²) < 4.78 is 0. The van der Waals surface area contributed by atoms with Crippen molar-refractivity contribution in [3.63, 3.8) is 0 Å². The number of amides is 2. The molecule has 2 aromatic rings. The molecule has 1 atom stereocenters. The van der Waals surface area contributed by atoms with E-state index in [4.69, 9.17) is 11.6 Å². The van der Waals surface area contributed by atoms with E-state index in [-0.39, 0.29) is 11.8 Å². The number of carbonyl (C=O) groups is 2. The van der Waals surface area contributed by atoms with Crippen molar-refractivity contribution in [3.05, 3.63) is 70.2 Å². The normalized spacial score (nSPS) is 11.7. The summed E-state index contributed by atoms with van der Waals surface area (Å²) >= 11 is 7.76. The molecule has 0 saturated carbocycles. The van der Waals surface area contributed by atoms with E-state index in [9.17, 15) is 9.59 Å². The van der Waals surface area contributed by atoms with E-state index in [1.165, 1.54) is 0 Å². The number of halogens is 1. The number of rotatable bonds is 8. The third kappa shape index (κ3) is 6.01. The molecule has 1 unspecified atom stereocenters. The summed E-state index contributed by atoms with van der Waals surface area (Å²) in [6.45, 7) is 2.53. The van der Waals surface area contributed by atoms with Gasteiger partial charge in [0.25, 0.3) is 5.91 Å². The van der Waals surface area contributed by atoms with Crippen LogP contribution in [-0.2, 0) is 11.3 Å². The average molecular weight is 405 g/mol. The second kappa shape index (κ2) is 10.4. The van der Waals surface area contributed by atoms with Crippen molar-refractivity contribution in [2.75, 3.05) is 19.1 Å². The molecule has 2 amide bonds. The third-order valence-corrected chi connectivity index (χ3v) is 5.35. The standard InChI is InChI=1S/C21H25ClN2O2S/c1-15-8-4-5-9-16(15)14-24(2)21(26)19(12-13-27-3)23-20(25)17-10-6-7-11-18(17)22/h4-11,19H,12-14H2,1-3H3,(H,23,25). The van der Waals surface area contributed by atoms with E-state index in [1.54, 1.807) is 48.0 Å². The van der Waals surface area contributed by atoms with Gasteiger partial charge in [0.15, 0.2) is 0 Å². The summed E-state index contributed by atoms with van der Waals surface area (Å²) in [7, 11) is 1.77. The fraction of sp³-hybridized carbons (Fsp3) is 0.333. The van der Waals surface area contributed by atoms with E-state index >= 15 is 0 Å². The van der Waals surface area contributed by atoms with Gasteiger partial charge < -0.3 is 10.2 Å². The van der Waals surface area contributed by atoms with E-state index in [0.29, 0.717) is 23.6 Å². The van der Waals surface area contributed by atoms with Crippen LogP contribution in [0.25, 0.3) is 0 Å². The van der Waals surface area contributed by atoms with Gasteiger partial charge in [-0.15, -0.1) is 0 Å². The number of nitrogens with zero attached hydrogens (tertiary/aromatic N) is 1. The van der Waals surface area contributed by atoms with Gasteiger partial charge in [-0.05, 0) is 48.6 Å². The summed E-state index contributed by atoms with van der Waals surface area (Å²) in [6.07, 6.45) is 2.54. The molecule has 0 aliphatic rings. The number of benzene rings is 2. The molecule has 0 aliphatic heterocycles. The van der Waals surface area contributed by atoms with Gasteiger partial charge in [0.1, 0.15) is 6.04 Å². The SMILES string of the molecule is CSCCC(NC(=O)c1ccccc1Cl)C(=O)N(C)Cc1ccccc1C. The van der Waals surface area contributed by atoms with Gasteiger partial charge >= 0.3 is 0 Å². The van der Waals surface area contributed by atoms with Crippen molar-refractivity contribution < 1.29 is 9.59 Å². The highest BCUT2D eigenvalue weighted by Gasteiger charge is 2.25. The molecule has 6 heteroatoms. The van der Waals surface area contributed by atoms with Crippen LogP contribution >= 0.6 is 23.4 Å². The molecular formula is C21H25ClN2O2S. The van der Waals surface area contributed by atoms with Crippen molar-refractivity contribution in [2.45, 2.75) is 25.9 Å². The predicted octanol–water partition coefficient (Wildman–Crippen LogP) is 4.16. The Kier molecular flexibility index (Phi) is 8.20. The van der Waals surface area contributed by atoms with Gasteiger partial charge in [0.2, 0.25) is 5.91 Å². The topological polar surface area (TPSA) is 49.4 Å². The predicted molar refractivity (Wildman–Crippen MR) is 113 cm³/mol. The number of hydrogen-bond acceptors (Lipinski definition) is 3. The maximum atomic E-state index is 13.0.